The van der Waals surface area contributed by atoms with Crippen LogP contribution in [-0.4, -0.2) is 36.6 Å². The molecule has 2 aliphatic carbocycles. The van der Waals surface area contributed by atoms with Crippen molar-refractivity contribution in [3.63, 3.8) is 0 Å². The first kappa shape index (κ1) is 15.0. The highest BCUT2D eigenvalue weighted by molar-refractivity contribution is 5.15. The van der Waals surface area contributed by atoms with Crippen LogP contribution in [0.5, 0.6) is 0 Å². The van der Waals surface area contributed by atoms with Crippen LogP contribution in [0, 0.1) is 23.2 Å². The number of aliphatic hydroxyl groups excluding tert-OH is 2. The van der Waals surface area contributed by atoms with Crippen molar-refractivity contribution in [1.29, 1.82) is 0 Å². The molecular weight excluding hydrogens is 240 g/mol. The van der Waals surface area contributed by atoms with Crippen molar-refractivity contribution in [3.8, 4) is 0 Å². The van der Waals surface area contributed by atoms with Gasteiger partial charge in [-0.2, -0.15) is 0 Å². The molecule has 0 radical (unpaired) electrons. The zero-order valence-electron chi connectivity index (χ0n) is 12.3. The summed E-state index contributed by atoms with van der Waals surface area (Å²) in [6.45, 7) is 7.47. The number of fused-ring (bicyclic) bond motifs is 1. The third-order valence-corrected chi connectivity index (χ3v) is 5.72. The van der Waals surface area contributed by atoms with Gasteiger partial charge in [-0.1, -0.05) is 19.1 Å². The van der Waals surface area contributed by atoms with E-state index in [1.807, 2.05) is 0 Å². The van der Waals surface area contributed by atoms with Crippen molar-refractivity contribution in [2.45, 2.75) is 45.1 Å². The molecule has 0 amide bonds. The SMILES string of the molecule is C=C1CCC2C(CO)C(O)CCC2(C)C1CCOC. The molecular formula is C16H28O3. The van der Waals surface area contributed by atoms with Gasteiger partial charge in [0.1, 0.15) is 0 Å². The van der Waals surface area contributed by atoms with Crippen LogP contribution in [0.3, 0.4) is 0 Å². The Balaban J connectivity index is 2.22. The molecule has 0 bridgehead atoms. The Hall–Kier alpha value is -0.380. The second-order valence-corrected chi connectivity index (χ2v) is 6.60. The normalized spacial score (nSPS) is 43.1. The maximum Gasteiger partial charge on any atom is 0.0593 e. The highest BCUT2D eigenvalue weighted by Gasteiger charge is 2.51. The first-order valence-electron chi connectivity index (χ1n) is 7.50. The van der Waals surface area contributed by atoms with E-state index in [1.165, 1.54) is 5.57 Å². The van der Waals surface area contributed by atoms with Crippen LogP contribution in [0.4, 0.5) is 0 Å². The number of aliphatic hydroxyl groups is 2. The van der Waals surface area contributed by atoms with E-state index in [1.54, 1.807) is 7.11 Å². The zero-order valence-corrected chi connectivity index (χ0v) is 12.3. The fourth-order valence-corrected chi connectivity index (χ4v) is 4.59. The van der Waals surface area contributed by atoms with Crippen LogP contribution in [-0.2, 0) is 4.74 Å². The summed E-state index contributed by atoms with van der Waals surface area (Å²) in [5, 5.41) is 19.8. The number of rotatable bonds is 4. The summed E-state index contributed by atoms with van der Waals surface area (Å²) < 4.78 is 5.25. The van der Waals surface area contributed by atoms with Crippen LogP contribution in [0.1, 0.15) is 39.0 Å². The van der Waals surface area contributed by atoms with E-state index in [0.29, 0.717) is 11.8 Å². The summed E-state index contributed by atoms with van der Waals surface area (Å²) in [6, 6.07) is 0. The minimum absolute atomic E-state index is 0.0388. The van der Waals surface area contributed by atoms with Gasteiger partial charge in [-0.15, -0.1) is 0 Å². The van der Waals surface area contributed by atoms with Crippen molar-refractivity contribution in [2.24, 2.45) is 23.2 Å². The van der Waals surface area contributed by atoms with E-state index >= 15 is 0 Å². The van der Waals surface area contributed by atoms with Crippen molar-refractivity contribution in [3.05, 3.63) is 12.2 Å². The first-order valence-corrected chi connectivity index (χ1v) is 7.50. The minimum Gasteiger partial charge on any atom is -0.396 e. The van der Waals surface area contributed by atoms with Gasteiger partial charge < -0.3 is 14.9 Å². The molecule has 2 saturated carbocycles. The van der Waals surface area contributed by atoms with Gasteiger partial charge >= 0.3 is 0 Å². The van der Waals surface area contributed by atoms with E-state index < -0.39 is 0 Å². The Kier molecular flexibility index (Phi) is 4.70. The molecule has 3 nitrogen and oxygen atoms in total. The number of hydrogen-bond donors (Lipinski definition) is 2. The van der Waals surface area contributed by atoms with Gasteiger partial charge in [0.15, 0.2) is 0 Å². The fraction of sp³-hybridized carbons (Fsp3) is 0.875. The van der Waals surface area contributed by atoms with Gasteiger partial charge in [-0.25, -0.2) is 0 Å². The summed E-state index contributed by atoms with van der Waals surface area (Å²) in [5.74, 6) is 0.915. The topological polar surface area (TPSA) is 49.7 Å². The van der Waals surface area contributed by atoms with E-state index in [9.17, 15) is 10.2 Å². The number of allylic oxidation sites excluding steroid dienone is 1. The van der Waals surface area contributed by atoms with Crippen molar-refractivity contribution >= 4 is 0 Å². The lowest BCUT2D eigenvalue weighted by atomic mass is 9.50. The lowest BCUT2D eigenvalue weighted by Gasteiger charge is -2.55. The Morgan fingerprint density at radius 2 is 2.16 bits per heavy atom. The summed E-state index contributed by atoms with van der Waals surface area (Å²) in [7, 11) is 1.74. The largest absolute Gasteiger partial charge is 0.396 e. The predicted octanol–water partition coefficient (Wildman–Crippen LogP) is 2.37. The molecule has 3 heteroatoms. The van der Waals surface area contributed by atoms with Crippen molar-refractivity contribution in [1.82, 2.24) is 0 Å². The second kappa shape index (κ2) is 5.94. The second-order valence-electron chi connectivity index (χ2n) is 6.60. The van der Waals surface area contributed by atoms with Crippen molar-refractivity contribution in [2.75, 3.05) is 20.3 Å². The Bertz CT molecular complexity index is 328. The molecule has 2 aliphatic rings. The molecule has 0 aromatic rings. The highest BCUT2D eigenvalue weighted by Crippen LogP contribution is 2.57. The molecule has 2 rings (SSSR count). The highest BCUT2D eigenvalue weighted by atomic mass is 16.5. The zero-order chi connectivity index (χ0) is 14.0. The van der Waals surface area contributed by atoms with E-state index in [2.05, 4.69) is 13.5 Å². The fourth-order valence-electron chi connectivity index (χ4n) is 4.59. The van der Waals surface area contributed by atoms with Gasteiger partial charge in [0.25, 0.3) is 0 Å². The Labute approximate surface area is 116 Å². The average Bonchev–Trinajstić information content (AvgIpc) is 2.39. The van der Waals surface area contributed by atoms with Crippen LogP contribution < -0.4 is 0 Å². The molecule has 0 heterocycles. The molecule has 0 spiro atoms. The van der Waals surface area contributed by atoms with Gasteiger partial charge in [0.2, 0.25) is 0 Å². The maximum absolute atomic E-state index is 10.1. The molecule has 0 aromatic carbocycles. The number of ether oxygens (including phenoxy) is 1. The summed E-state index contributed by atoms with van der Waals surface area (Å²) >= 11 is 0. The maximum atomic E-state index is 10.1. The van der Waals surface area contributed by atoms with Crippen LogP contribution in [0.2, 0.25) is 0 Å². The molecule has 5 atom stereocenters. The van der Waals surface area contributed by atoms with E-state index in [0.717, 1.165) is 38.7 Å². The number of methoxy groups -OCH3 is 1. The first-order chi connectivity index (χ1) is 9.04. The van der Waals surface area contributed by atoms with E-state index in [4.69, 9.17) is 4.74 Å². The molecule has 19 heavy (non-hydrogen) atoms. The smallest absolute Gasteiger partial charge is 0.0593 e. The summed E-state index contributed by atoms with van der Waals surface area (Å²) in [4.78, 5) is 0. The lowest BCUT2D eigenvalue weighted by molar-refractivity contribution is -0.0968. The predicted molar refractivity (Wildman–Crippen MR) is 75.8 cm³/mol. The van der Waals surface area contributed by atoms with Gasteiger partial charge in [0.05, 0.1) is 6.10 Å². The molecule has 0 aliphatic heterocycles. The molecule has 2 N–H and O–H groups in total. The van der Waals surface area contributed by atoms with Crippen LogP contribution in [0.15, 0.2) is 12.2 Å². The lowest BCUT2D eigenvalue weighted by Crippen LogP contribution is -2.51. The Morgan fingerprint density at radius 3 is 2.79 bits per heavy atom. The van der Waals surface area contributed by atoms with Gasteiger partial charge in [-0.3, -0.25) is 0 Å². The van der Waals surface area contributed by atoms with Gasteiger partial charge in [0, 0.05) is 26.2 Å². The molecule has 110 valence electrons. The summed E-state index contributed by atoms with van der Waals surface area (Å²) in [5.41, 5.74) is 1.50. The van der Waals surface area contributed by atoms with Crippen molar-refractivity contribution < 1.29 is 14.9 Å². The third-order valence-electron chi connectivity index (χ3n) is 5.72. The van der Waals surface area contributed by atoms with Gasteiger partial charge in [-0.05, 0) is 49.4 Å². The summed E-state index contributed by atoms with van der Waals surface area (Å²) in [6.07, 6.45) is 4.59. The minimum atomic E-state index is -0.336. The standard InChI is InChI=1S/C16H28O3/c1-11-4-5-14-12(10-17)15(18)6-8-16(14,2)13(11)7-9-19-3/h12-15,17-18H,1,4-10H2,2-3H3. The monoisotopic (exact) mass is 268 g/mol. The third kappa shape index (κ3) is 2.61. The van der Waals surface area contributed by atoms with Crippen LogP contribution >= 0.6 is 0 Å². The molecule has 0 saturated heterocycles. The van der Waals surface area contributed by atoms with E-state index in [-0.39, 0.29) is 24.0 Å². The van der Waals surface area contributed by atoms with Crippen LogP contribution in [0.25, 0.3) is 0 Å². The quantitative estimate of drug-likeness (QED) is 0.770. The molecule has 0 aromatic heterocycles. The molecule has 5 unspecified atom stereocenters. The molecule has 2 fully saturated rings. The average molecular weight is 268 g/mol. The number of hydrogen-bond acceptors (Lipinski definition) is 3. The Morgan fingerprint density at radius 1 is 1.42 bits per heavy atom.